The van der Waals surface area contributed by atoms with Crippen LogP contribution in [0.4, 0.5) is 0 Å². The molecule has 3 nitrogen and oxygen atoms in total. The second-order valence-electron chi connectivity index (χ2n) is 3.75. The highest BCUT2D eigenvalue weighted by molar-refractivity contribution is 6.33. The minimum absolute atomic E-state index is 0.688. The van der Waals surface area contributed by atoms with Crippen LogP contribution in [0.25, 0.3) is 11.4 Å². The summed E-state index contributed by atoms with van der Waals surface area (Å²) in [4.78, 5) is 8.87. The summed E-state index contributed by atoms with van der Waals surface area (Å²) < 4.78 is 0. The molecule has 1 aliphatic heterocycles. The van der Waals surface area contributed by atoms with Gasteiger partial charge in [-0.1, -0.05) is 23.7 Å². The quantitative estimate of drug-likeness (QED) is 0.819. The molecule has 1 aliphatic rings. The van der Waals surface area contributed by atoms with Gasteiger partial charge in [0.1, 0.15) is 0 Å². The van der Waals surface area contributed by atoms with Crippen molar-refractivity contribution in [3.63, 3.8) is 0 Å². The molecule has 0 atom stereocenters. The van der Waals surface area contributed by atoms with E-state index in [1.165, 1.54) is 5.56 Å². The van der Waals surface area contributed by atoms with Gasteiger partial charge in [0.15, 0.2) is 5.82 Å². The Bertz CT molecular complexity index is 540. The number of hydrogen-bond donors (Lipinski definition) is 1. The Morgan fingerprint density at radius 2 is 2.06 bits per heavy atom. The predicted molar refractivity (Wildman–Crippen MR) is 63.0 cm³/mol. The molecule has 0 aliphatic carbocycles. The van der Waals surface area contributed by atoms with Crippen LogP contribution < -0.4 is 5.32 Å². The number of aromatic nitrogens is 2. The molecule has 16 heavy (non-hydrogen) atoms. The van der Waals surface area contributed by atoms with Crippen LogP contribution in [0.15, 0.2) is 30.5 Å². The molecule has 0 radical (unpaired) electrons. The average molecular weight is 232 g/mol. The van der Waals surface area contributed by atoms with Crippen LogP contribution >= 0.6 is 11.6 Å². The number of halogens is 1. The summed E-state index contributed by atoms with van der Waals surface area (Å²) in [7, 11) is 0. The standard InChI is InChI=1S/C12H10ClN3/c13-10-4-2-1-3-9(10)12-15-6-8-5-14-7-11(8)16-12/h1-4,6,14H,5,7H2. The Balaban J connectivity index is 2.11. The van der Waals surface area contributed by atoms with Gasteiger partial charge in [0.2, 0.25) is 0 Å². The lowest BCUT2D eigenvalue weighted by atomic mass is 10.2. The van der Waals surface area contributed by atoms with Crippen LogP contribution in [0.3, 0.4) is 0 Å². The molecule has 3 rings (SSSR count). The van der Waals surface area contributed by atoms with Gasteiger partial charge in [0, 0.05) is 30.4 Å². The predicted octanol–water partition coefficient (Wildman–Crippen LogP) is 2.40. The van der Waals surface area contributed by atoms with Gasteiger partial charge in [-0.2, -0.15) is 0 Å². The second-order valence-corrected chi connectivity index (χ2v) is 4.16. The van der Waals surface area contributed by atoms with Gasteiger partial charge >= 0.3 is 0 Å². The molecule has 0 bridgehead atoms. The number of benzene rings is 1. The van der Waals surface area contributed by atoms with Gasteiger partial charge in [0.05, 0.1) is 10.7 Å². The Labute approximate surface area is 98.5 Å². The molecule has 1 aromatic carbocycles. The molecule has 1 aromatic heterocycles. The first-order valence-electron chi connectivity index (χ1n) is 5.15. The van der Waals surface area contributed by atoms with Crippen molar-refractivity contribution in [2.75, 3.05) is 0 Å². The summed E-state index contributed by atoms with van der Waals surface area (Å²) in [6.45, 7) is 1.67. The molecular weight excluding hydrogens is 222 g/mol. The third-order valence-corrected chi connectivity index (χ3v) is 3.01. The van der Waals surface area contributed by atoms with E-state index in [1.54, 1.807) is 0 Å². The molecule has 2 aromatic rings. The molecule has 0 saturated carbocycles. The summed E-state index contributed by atoms with van der Waals surface area (Å²) in [5.41, 5.74) is 3.14. The highest BCUT2D eigenvalue weighted by Crippen LogP contribution is 2.25. The third-order valence-electron chi connectivity index (χ3n) is 2.68. The highest BCUT2D eigenvalue weighted by Gasteiger charge is 2.14. The summed E-state index contributed by atoms with van der Waals surface area (Å²) in [5, 5.41) is 3.93. The Morgan fingerprint density at radius 3 is 2.94 bits per heavy atom. The minimum atomic E-state index is 0.688. The van der Waals surface area contributed by atoms with E-state index in [2.05, 4.69) is 15.3 Å². The van der Waals surface area contributed by atoms with Crippen molar-refractivity contribution in [1.82, 2.24) is 15.3 Å². The first-order chi connectivity index (χ1) is 7.84. The first kappa shape index (κ1) is 9.75. The van der Waals surface area contributed by atoms with E-state index < -0.39 is 0 Å². The average Bonchev–Trinajstić information content (AvgIpc) is 2.76. The largest absolute Gasteiger partial charge is 0.307 e. The topological polar surface area (TPSA) is 37.8 Å². The normalized spacial score (nSPS) is 13.8. The molecule has 1 N–H and O–H groups in total. The minimum Gasteiger partial charge on any atom is -0.307 e. The zero-order valence-electron chi connectivity index (χ0n) is 8.57. The summed E-state index contributed by atoms with van der Waals surface area (Å²) >= 11 is 6.11. The van der Waals surface area contributed by atoms with Crippen LogP contribution in [0.2, 0.25) is 5.02 Å². The number of fused-ring (bicyclic) bond motifs is 1. The van der Waals surface area contributed by atoms with Gasteiger partial charge in [0.25, 0.3) is 0 Å². The van der Waals surface area contributed by atoms with E-state index in [4.69, 9.17) is 11.6 Å². The van der Waals surface area contributed by atoms with E-state index in [0.29, 0.717) is 10.8 Å². The molecule has 0 saturated heterocycles. The van der Waals surface area contributed by atoms with E-state index in [-0.39, 0.29) is 0 Å². The number of hydrogen-bond acceptors (Lipinski definition) is 3. The number of nitrogens with zero attached hydrogens (tertiary/aromatic N) is 2. The van der Waals surface area contributed by atoms with E-state index >= 15 is 0 Å². The second kappa shape index (κ2) is 3.85. The third kappa shape index (κ3) is 1.58. The number of rotatable bonds is 1. The molecule has 80 valence electrons. The van der Waals surface area contributed by atoms with Crippen LogP contribution in [-0.2, 0) is 13.1 Å². The highest BCUT2D eigenvalue weighted by atomic mass is 35.5. The maximum absolute atomic E-state index is 6.11. The molecule has 4 heteroatoms. The van der Waals surface area contributed by atoms with Crippen molar-refractivity contribution in [2.45, 2.75) is 13.1 Å². The van der Waals surface area contributed by atoms with Crippen molar-refractivity contribution in [2.24, 2.45) is 0 Å². The molecule has 0 spiro atoms. The van der Waals surface area contributed by atoms with Crippen molar-refractivity contribution < 1.29 is 0 Å². The molecular formula is C12H10ClN3. The van der Waals surface area contributed by atoms with E-state index in [1.807, 2.05) is 30.5 Å². The zero-order chi connectivity index (χ0) is 11.0. The van der Waals surface area contributed by atoms with Gasteiger partial charge in [-0.05, 0) is 12.1 Å². The van der Waals surface area contributed by atoms with Gasteiger partial charge in [-0.25, -0.2) is 9.97 Å². The van der Waals surface area contributed by atoms with Crippen molar-refractivity contribution >= 4 is 11.6 Å². The molecule has 0 unspecified atom stereocenters. The smallest absolute Gasteiger partial charge is 0.160 e. The summed E-state index contributed by atoms with van der Waals surface area (Å²) in [5.74, 6) is 0.702. The van der Waals surface area contributed by atoms with Crippen LogP contribution in [0.1, 0.15) is 11.3 Å². The fourth-order valence-electron chi connectivity index (χ4n) is 1.83. The summed E-state index contributed by atoms with van der Waals surface area (Å²) in [6.07, 6.45) is 1.88. The van der Waals surface area contributed by atoms with Crippen molar-refractivity contribution in [3.8, 4) is 11.4 Å². The summed E-state index contributed by atoms with van der Waals surface area (Å²) in [6, 6.07) is 7.63. The first-order valence-corrected chi connectivity index (χ1v) is 5.53. The van der Waals surface area contributed by atoms with Crippen LogP contribution in [0, 0.1) is 0 Å². The Kier molecular flexibility index (Phi) is 2.35. The SMILES string of the molecule is Clc1ccccc1-c1ncc2c(n1)CNC2. The zero-order valence-corrected chi connectivity index (χ0v) is 9.33. The lowest BCUT2D eigenvalue weighted by Crippen LogP contribution is -2.00. The van der Waals surface area contributed by atoms with Gasteiger partial charge < -0.3 is 5.32 Å². The molecule has 0 amide bonds. The molecule has 2 heterocycles. The monoisotopic (exact) mass is 231 g/mol. The maximum atomic E-state index is 6.11. The number of nitrogens with one attached hydrogen (secondary N) is 1. The van der Waals surface area contributed by atoms with Gasteiger partial charge in [-0.3, -0.25) is 0 Å². The lowest BCUT2D eigenvalue weighted by molar-refractivity contribution is 0.758. The van der Waals surface area contributed by atoms with E-state index in [9.17, 15) is 0 Å². The van der Waals surface area contributed by atoms with Crippen molar-refractivity contribution in [1.29, 1.82) is 0 Å². The van der Waals surface area contributed by atoms with Crippen molar-refractivity contribution in [3.05, 3.63) is 46.7 Å². The van der Waals surface area contributed by atoms with Gasteiger partial charge in [-0.15, -0.1) is 0 Å². The van der Waals surface area contributed by atoms with Crippen LogP contribution in [-0.4, -0.2) is 9.97 Å². The fourth-order valence-corrected chi connectivity index (χ4v) is 2.05. The fraction of sp³-hybridized carbons (Fsp3) is 0.167. The Morgan fingerprint density at radius 1 is 1.19 bits per heavy atom. The molecule has 0 fully saturated rings. The Hall–Kier alpha value is -1.45. The van der Waals surface area contributed by atoms with E-state index in [0.717, 1.165) is 24.3 Å². The maximum Gasteiger partial charge on any atom is 0.160 e. The van der Waals surface area contributed by atoms with Crippen LogP contribution in [0.5, 0.6) is 0 Å². The lowest BCUT2D eigenvalue weighted by Gasteiger charge is -2.04.